The van der Waals surface area contributed by atoms with E-state index in [2.05, 4.69) is 0 Å². The molecular weight excluding hydrogens is 282 g/mol. The average Bonchev–Trinajstić information content (AvgIpc) is 2.37. The lowest BCUT2D eigenvalue weighted by atomic mass is 10.1. The molecule has 19 heavy (non-hydrogen) atoms. The Balaban J connectivity index is 3.26. The first-order valence-corrected chi connectivity index (χ1v) is 8.44. The van der Waals surface area contributed by atoms with E-state index in [0.717, 1.165) is 11.1 Å². The zero-order valence-corrected chi connectivity index (χ0v) is 13.6. The third-order valence-corrected chi connectivity index (χ3v) is 5.19. The summed E-state index contributed by atoms with van der Waals surface area (Å²) in [5, 5.41) is 0. The Hall–Kier alpha value is -0.580. The highest BCUT2D eigenvalue weighted by Crippen LogP contribution is 2.23. The molecule has 0 heterocycles. The maximum absolute atomic E-state index is 12.6. The van der Waals surface area contributed by atoms with E-state index in [9.17, 15) is 8.42 Å². The number of aryl methyl sites for hydroxylation is 1. The van der Waals surface area contributed by atoms with Crippen LogP contribution in [0, 0.1) is 5.92 Å². The van der Waals surface area contributed by atoms with Gasteiger partial charge in [-0.05, 0) is 29.5 Å². The second-order valence-electron chi connectivity index (χ2n) is 5.11. The van der Waals surface area contributed by atoms with E-state index in [1.54, 1.807) is 13.1 Å². The van der Waals surface area contributed by atoms with Crippen LogP contribution in [0.15, 0.2) is 23.1 Å². The van der Waals surface area contributed by atoms with Crippen molar-refractivity contribution in [2.24, 2.45) is 5.92 Å². The third-order valence-electron chi connectivity index (χ3n) is 2.98. The van der Waals surface area contributed by atoms with Crippen LogP contribution in [0.3, 0.4) is 0 Å². The lowest BCUT2D eigenvalue weighted by Crippen LogP contribution is -2.31. The van der Waals surface area contributed by atoms with Gasteiger partial charge < -0.3 is 0 Å². The molecule has 0 fully saturated rings. The Kier molecular flexibility index (Phi) is 5.83. The summed E-state index contributed by atoms with van der Waals surface area (Å²) >= 11 is 5.80. The van der Waals surface area contributed by atoms with Crippen molar-refractivity contribution in [2.45, 2.75) is 38.0 Å². The van der Waals surface area contributed by atoms with Crippen LogP contribution in [0.2, 0.25) is 0 Å². The van der Waals surface area contributed by atoms with Gasteiger partial charge in [0, 0.05) is 19.5 Å². The van der Waals surface area contributed by atoms with Crippen LogP contribution in [0.1, 0.15) is 31.9 Å². The summed E-state index contributed by atoms with van der Waals surface area (Å²) in [7, 11) is -1.81. The lowest BCUT2D eigenvalue weighted by molar-refractivity contribution is 0.417. The van der Waals surface area contributed by atoms with Gasteiger partial charge in [-0.25, -0.2) is 12.7 Å². The summed E-state index contributed by atoms with van der Waals surface area (Å²) in [5.41, 5.74) is 1.67. The Bertz CT molecular complexity index is 526. The van der Waals surface area contributed by atoms with Crippen molar-refractivity contribution in [1.82, 2.24) is 4.31 Å². The highest BCUT2D eigenvalue weighted by molar-refractivity contribution is 7.89. The second kappa shape index (κ2) is 6.73. The lowest BCUT2D eigenvalue weighted by Gasteiger charge is -2.21. The maximum Gasteiger partial charge on any atom is 0.243 e. The van der Waals surface area contributed by atoms with Crippen LogP contribution in [-0.4, -0.2) is 26.3 Å². The fraction of sp³-hybridized carbons (Fsp3) is 0.571. The van der Waals surface area contributed by atoms with Gasteiger partial charge in [-0.3, -0.25) is 0 Å². The molecule has 0 aliphatic heterocycles. The molecule has 0 amide bonds. The van der Waals surface area contributed by atoms with Gasteiger partial charge in [0.1, 0.15) is 0 Å². The first-order chi connectivity index (χ1) is 8.82. The zero-order valence-electron chi connectivity index (χ0n) is 12.0. The first-order valence-electron chi connectivity index (χ1n) is 6.47. The molecule has 0 aliphatic carbocycles. The molecule has 1 rings (SSSR count). The summed E-state index contributed by atoms with van der Waals surface area (Å²) in [5.74, 6) is 0.612. The number of sulfonamides is 1. The van der Waals surface area contributed by atoms with Crippen molar-refractivity contribution < 1.29 is 8.42 Å². The Morgan fingerprint density at radius 1 is 1.32 bits per heavy atom. The largest absolute Gasteiger partial charge is 0.243 e. The minimum atomic E-state index is -3.43. The van der Waals surface area contributed by atoms with E-state index < -0.39 is 10.0 Å². The van der Waals surface area contributed by atoms with Crippen LogP contribution in [-0.2, 0) is 22.3 Å². The monoisotopic (exact) mass is 303 g/mol. The molecule has 0 aliphatic rings. The third kappa shape index (κ3) is 3.94. The van der Waals surface area contributed by atoms with Crippen molar-refractivity contribution in [3.63, 3.8) is 0 Å². The van der Waals surface area contributed by atoms with E-state index in [1.807, 2.05) is 32.9 Å². The molecule has 0 atom stereocenters. The number of rotatable bonds is 6. The molecule has 3 nitrogen and oxygen atoms in total. The topological polar surface area (TPSA) is 37.4 Å². The van der Waals surface area contributed by atoms with Crippen LogP contribution >= 0.6 is 11.6 Å². The molecule has 0 aromatic heterocycles. The fourth-order valence-corrected chi connectivity index (χ4v) is 3.83. The SMILES string of the molecule is CCc1ccc(CCl)cc1S(=O)(=O)N(C)CC(C)C. The van der Waals surface area contributed by atoms with E-state index in [0.29, 0.717) is 29.7 Å². The number of hydrogen-bond donors (Lipinski definition) is 0. The van der Waals surface area contributed by atoms with Gasteiger partial charge in [-0.2, -0.15) is 0 Å². The molecule has 5 heteroatoms. The predicted molar refractivity (Wildman–Crippen MR) is 80.0 cm³/mol. The molecule has 1 aromatic rings. The number of halogens is 1. The highest BCUT2D eigenvalue weighted by Gasteiger charge is 2.24. The van der Waals surface area contributed by atoms with Gasteiger partial charge >= 0.3 is 0 Å². The second-order valence-corrected chi connectivity index (χ2v) is 7.39. The van der Waals surface area contributed by atoms with Gasteiger partial charge in [-0.15, -0.1) is 11.6 Å². The van der Waals surface area contributed by atoms with E-state index in [1.165, 1.54) is 4.31 Å². The molecular formula is C14H22ClNO2S. The minimum absolute atomic E-state index is 0.293. The smallest absolute Gasteiger partial charge is 0.207 e. The number of benzene rings is 1. The summed E-state index contributed by atoms with van der Waals surface area (Å²) < 4.78 is 26.6. The van der Waals surface area contributed by atoms with E-state index >= 15 is 0 Å². The van der Waals surface area contributed by atoms with Crippen molar-refractivity contribution in [3.8, 4) is 0 Å². The predicted octanol–water partition coefficient (Wildman–Crippen LogP) is 3.26. The zero-order chi connectivity index (χ0) is 14.6. The Labute approximate surface area is 121 Å². The molecule has 0 saturated carbocycles. The van der Waals surface area contributed by atoms with Gasteiger partial charge in [0.25, 0.3) is 0 Å². The number of hydrogen-bond acceptors (Lipinski definition) is 2. The van der Waals surface area contributed by atoms with Gasteiger partial charge in [-0.1, -0.05) is 32.9 Å². The first kappa shape index (κ1) is 16.5. The minimum Gasteiger partial charge on any atom is -0.207 e. The summed E-state index contributed by atoms with van der Waals surface area (Å²) in [4.78, 5) is 0.385. The Morgan fingerprint density at radius 3 is 2.42 bits per heavy atom. The van der Waals surface area contributed by atoms with E-state index in [-0.39, 0.29) is 0 Å². The fourth-order valence-electron chi connectivity index (χ4n) is 1.99. The molecule has 0 radical (unpaired) electrons. The number of alkyl halides is 1. The van der Waals surface area contributed by atoms with Crippen LogP contribution in [0.25, 0.3) is 0 Å². The van der Waals surface area contributed by atoms with Crippen molar-refractivity contribution in [1.29, 1.82) is 0 Å². The molecule has 0 bridgehead atoms. The normalized spacial score (nSPS) is 12.4. The van der Waals surface area contributed by atoms with Gasteiger partial charge in [0.15, 0.2) is 0 Å². The summed E-state index contributed by atoms with van der Waals surface area (Å²) in [6, 6.07) is 5.43. The standard InChI is InChI=1S/C14H22ClNO2S/c1-5-13-7-6-12(9-15)8-14(13)19(17,18)16(4)10-11(2)3/h6-8,11H,5,9-10H2,1-4H3. The van der Waals surface area contributed by atoms with Crippen LogP contribution in [0.4, 0.5) is 0 Å². The van der Waals surface area contributed by atoms with Crippen LogP contribution in [0.5, 0.6) is 0 Å². The highest BCUT2D eigenvalue weighted by atomic mass is 35.5. The van der Waals surface area contributed by atoms with Crippen LogP contribution < -0.4 is 0 Å². The molecule has 0 unspecified atom stereocenters. The molecule has 108 valence electrons. The number of nitrogens with zero attached hydrogens (tertiary/aromatic N) is 1. The quantitative estimate of drug-likeness (QED) is 0.756. The van der Waals surface area contributed by atoms with Crippen molar-refractivity contribution in [2.75, 3.05) is 13.6 Å². The maximum atomic E-state index is 12.6. The van der Waals surface area contributed by atoms with Crippen molar-refractivity contribution in [3.05, 3.63) is 29.3 Å². The van der Waals surface area contributed by atoms with Gasteiger partial charge in [0.2, 0.25) is 10.0 Å². The molecule has 0 spiro atoms. The molecule has 0 N–H and O–H groups in total. The van der Waals surface area contributed by atoms with Gasteiger partial charge in [0.05, 0.1) is 4.90 Å². The summed E-state index contributed by atoms with van der Waals surface area (Å²) in [6.07, 6.45) is 0.687. The van der Waals surface area contributed by atoms with E-state index in [4.69, 9.17) is 11.6 Å². The Morgan fingerprint density at radius 2 is 1.95 bits per heavy atom. The van der Waals surface area contributed by atoms with Crippen molar-refractivity contribution >= 4 is 21.6 Å². The summed E-state index contributed by atoms with van der Waals surface area (Å²) in [6.45, 7) is 6.47. The average molecular weight is 304 g/mol. The molecule has 0 saturated heterocycles. The molecule has 1 aromatic carbocycles.